The lowest BCUT2D eigenvalue weighted by atomic mass is 10.1. The van der Waals surface area contributed by atoms with Gasteiger partial charge < -0.3 is 14.8 Å². The van der Waals surface area contributed by atoms with Crippen molar-refractivity contribution in [2.24, 2.45) is 0 Å². The minimum atomic E-state index is -5.16. The van der Waals surface area contributed by atoms with Gasteiger partial charge in [0.2, 0.25) is 0 Å². The minimum Gasteiger partial charge on any atom is -0.467 e. The number of fused-ring (bicyclic) bond motifs is 1. The molecule has 0 heterocycles. The molecule has 3 aromatic carbocycles. The largest absolute Gasteiger partial charge is 0.471 e. The third-order valence-corrected chi connectivity index (χ3v) is 5.07. The van der Waals surface area contributed by atoms with E-state index in [-0.39, 0.29) is 22.2 Å². The maximum Gasteiger partial charge on any atom is 0.471 e. The molecule has 0 aliphatic rings. The predicted molar refractivity (Wildman–Crippen MR) is 114 cm³/mol. The molecule has 3 rings (SSSR count). The first-order valence-corrected chi connectivity index (χ1v) is 9.94. The molecule has 168 valence electrons. The van der Waals surface area contributed by atoms with Gasteiger partial charge in [0.1, 0.15) is 11.8 Å². The van der Waals surface area contributed by atoms with Crippen LogP contribution in [0.2, 0.25) is 10.0 Å². The Hall–Kier alpha value is -2.97. The maximum atomic E-state index is 12.6. The third-order valence-electron chi connectivity index (χ3n) is 4.51. The Morgan fingerprint density at radius 3 is 2.28 bits per heavy atom. The highest BCUT2D eigenvalue weighted by molar-refractivity contribution is 6.37. The number of hydrogen-bond acceptors (Lipinski definition) is 4. The first kappa shape index (κ1) is 23.7. The number of halogens is 5. The van der Waals surface area contributed by atoms with Crippen LogP contribution in [0, 0.1) is 0 Å². The summed E-state index contributed by atoms with van der Waals surface area (Å²) in [5.74, 6) is -2.67. The van der Waals surface area contributed by atoms with Crippen LogP contribution in [0.3, 0.4) is 0 Å². The van der Waals surface area contributed by atoms with E-state index in [2.05, 4.69) is 4.74 Å². The van der Waals surface area contributed by atoms with Crippen molar-refractivity contribution in [3.05, 3.63) is 70.2 Å². The number of rotatable bonds is 6. The van der Waals surface area contributed by atoms with Crippen LogP contribution in [-0.2, 0) is 20.7 Å². The lowest BCUT2D eigenvalue weighted by Gasteiger charge is -2.18. The molecule has 3 aromatic rings. The lowest BCUT2D eigenvalue weighted by molar-refractivity contribution is -0.175. The summed E-state index contributed by atoms with van der Waals surface area (Å²) in [6, 6.07) is 14.2. The Kier molecular flexibility index (Phi) is 7.16. The summed E-state index contributed by atoms with van der Waals surface area (Å²) in [6.45, 7) is 0. The number of benzene rings is 3. The number of methoxy groups -OCH3 is 1. The molecular formula is C22H16Cl2F3NO4. The summed E-state index contributed by atoms with van der Waals surface area (Å²) in [5, 5.41) is 3.53. The molecular weight excluding hydrogens is 470 g/mol. The van der Waals surface area contributed by atoms with Gasteiger partial charge in [0, 0.05) is 11.8 Å². The average molecular weight is 486 g/mol. The number of hydrogen-bond donors (Lipinski definition) is 1. The summed E-state index contributed by atoms with van der Waals surface area (Å²) in [7, 11) is 0.996. The maximum absolute atomic E-state index is 12.6. The molecule has 0 spiro atoms. The Morgan fingerprint density at radius 2 is 1.66 bits per heavy atom. The SMILES string of the molecule is COC(=O)[C@H](Cc1cc(Cl)c(Oc2cccc3ccccc23)c(Cl)c1)NC(=O)C(F)(F)F. The topological polar surface area (TPSA) is 64.6 Å². The van der Waals surface area contributed by atoms with Crippen molar-refractivity contribution in [3.8, 4) is 11.5 Å². The quantitative estimate of drug-likeness (QED) is 0.454. The van der Waals surface area contributed by atoms with E-state index in [9.17, 15) is 22.8 Å². The Bertz CT molecular complexity index is 1140. The molecule has 1 atom stereocenters. The van der Waals surface area contributed by atoms with Crippen molar-refractivity contribution in [2.75, 3.05) is 7.11 Å². The van der Waals surface area contributed by atoms with Crippen LogP contribution in [-0.4, -0.2) is 31.2 Å². The van der Waals surface area contributed by atoms with E-state index in [0.29, 0.717) is 11.3 Å². The first-order chi connectivity index (χ1) is 15.1. The van der Waals surface area contributed by atoms with E-state index in [4.69, 9.17) is 27.9 Å². The molecule has 0 fully saturated rings. The van der Waals surface area contributed by atoms with Crippen molar-refractivity contribution in [2.45, 2.75) is 18.6 Å². The lowest BCUT2D eigenvalue weighted by Crippen LogP contribution is -2.48. The average Bonchev–Trinajstić information content (AvgIpc) is 2.74. The Morgan fingerprint density at radius 1 is 1.03 bits per heavy atom. The molecule has 0 aliphatic heterocycles. The number of nitrogens with one attached hydrogen (secondary N) is 1. The van der Waals surface area contributed by atoms with Gasteiger partial charge in [0.15, 0.2) is 5.75 Å². The van der Waals surface area contributed by atoms with E-state index < -0.39 is 24.1 Å². The predicted octanol–water partition coefficient (Wildman–Crippen LogP) is 5.70. The van der Waals surface area contributed by atoms with Crippen molar-refractivity contribution in [1.82, 2.24) is 5.32 Å². The molecule has 32 heavy (non-hydrogen) atoms. The molecule has 5 nitrogen and oxygen atoms in total. The molecule has 1 amide bonds. The van der Waals surface area contributed by atoms with Gasteiger partial charge >= 0.3 is 18.1 Å². The third kappa shape index (κ3) is 5.44. The van der Waals surface area contributed by atoms with Crippen molar-refractivity contribution < 1.29 is 32.2 Å². The molecule has 10 heteroatoms. The summed E-state index contributed by atoms with van der Waals surface area (Å²) < 4.78 is 48.2. The molecule has 0 saturated carbocycles. The zero-order valence-electron chi connectivity index (χ0n) is 16.5. The van der Waals surface area contributed by atoms with E-state index in [1.165, 1.54) is 12.1 Å². The van der Waals surface area contributed by atoms with Crippen molar-refractivity contribution in [1.29, 1.82) is 0 Å². The van der Waals surface area contributed by atoms with Gasteiger partial charge in [-0.05, 0) is 29.1 Å². The zero-order valence-corrected chi connectivity index (χ0v) is 18.0. The molecule has 1 N–H and O–H groups in total. The highest BCUT2D eigenvalue weighted by Gasteiger charge is 2.41. The number of carbonyl (C=O) groups is 2. The number of ether oxygens (including phenoxy) is 2. The van der Waals surface area contributed by atoms with Gasteiger partial charge in [-0.15, -0.1) is 0 Å². The van der Waals surface area contributed by atoms with Gasteiger partial charge in [-0.25, -0.2) is 4.79 Å². The summed E-state index contributed by atoms with van der Waals surface area (Å²) in [6.07, 6.45) is -5.49. The van der Waals surface area contributed by atoms with E-state index in [1.807, 2.05) is 30.3 Å². The van der Waals surface area contributed by atoms with Gasteiger partial charge in [-0.3, -0.25) is 4.79 Å². The Balaban J connectivity index is 1.87. The fourth-order valence-corrected chi connectivity index (χ4v) is 3.64. The second-order valence-electron chi connectivity index (χ2n) is 6.72. The number of esters is 1. The highest BCUT2D eigenvalue weighted by Crippen LogP contribution is 2.39. The van der Waals surface area contributed by atoms with Crippen molar-refractivity contribution in [3.63, 3.8) is 0 Å². The van der Waals surface area contributed by atoms with E-state index in [1.54, 1.807) is 17.4 Å². The minimum absolute atomic E-state index is 0.0752. The summed E-state index contributed by atoms with van der Waals surface area (Å²) in [4.78, 5) is 23.2. The number of amides is 1. The molecule has 0 radical (unpaired) electrons. The van der Waals surface area contributed by atoms with Crippen LogP contribution in [0.15, 0.2) is 54.6 Å². The highest BCUT2D eigenvalue weighted by atomic mass is 35.5. The molecule has 0 bridgehead atoms. The fraction of sp³-hybridized carbons (Fsp3) is 0.182. The monoisotopic (exact) mass is 485 g/mol. The molecule has 0 unspecified atom stereocenters. The van der Waals surface area contributed by atoms with Gasteiger partial charge in [0.05, 0.1) is 17.2 Å². The number of alkyl halides is 3. The van der Waals surface area contributed by atoms with Gasteiger partial charge in [-0.1, -0.05) is 59.6 Å². The molecule has 0 aromatic heterocycles. The van der Waals surface area contributed by atoms with Crippen LogP contribution in [0.5, 0.6) is 11.5 Å². The first-order valence-electron chi connectivity index (χ1n) is 9.19. The smallest absolute Gasteiger partial charge is 0.467 e. The van der Waals surface area contributed by atoms with Crippen LogP contribution in [0.1, 0.15) is 5.56 Å². The Labute approximate surface area is 191 Å². The standard InChI is InChI=1S/C22H16Cl2F3NO4/c1-31-20(29)17(28-21(30)22(25,26)27)11-12-9-15(23)19(16(24)10-12)32-18-8-4-6-13-5-2-3-7-14(13)18/h2-10,17H,11H2,1H3,(H,28,30)/t17-/m0/s1. The summed E-state index contributed by atoms with van der Waals surface area (Å²) in [5.41, 5.74) is 0.295. The van der Waals surface area contributed by atoms with E-state index >= 15 is 0 Å². The molecule has 0 saturated heterocycles. The summed E-state index contributed by atoms with van der Waals surface area (Å²) >= 11 is 12.6. The van der Waals surface area contributed by atoms with Gasteiger partial charge in [0.25, 0.3) is 0 Å². The van der Waals surface area contributed by atoms with Crippen LogP contribution in [0.25, 0.3) is 10.8 Å². The fourth-order valence-electron chi connectivity index (χ4n) is 3.03. The normalized spacial score (nSPS) is 12.3. The second kappa shape index (κ2) is 9.67. The van der Waals surface area contributed by atoms with Crippen LogP contribution in [0.4, 0.5) is 13.2 Å². The van der Waals surface area contributed by atoms with E-state index in [0.717, 1.165) is 17.9 Å². The second-order valence-corrected chi connectivity index (χ2v) is 7.53. The van der Waals surface area contributed by atoms with Gasteiger partial charge in [-0.2, -0.15) is 13.2 Å². The van der Waals surface area contributed by atoms with Crippen LogP contribution < -0.4 is 10.1 Å². The molecule has 0 aliphatic carbocycles. The zero-order chi connectivity index (χ0) is 23.5. The van der Waals surface area contributed by atoms with Crippen LogP contribution >= 0.6 is 23.2 Å². The van der Waals surface area contributed by atoms with Crippen molar-refractivity contribution >= 4 is 45.9 Å². The number of carbonyl (C=O) groups excluding carboxylic acids is 2.